The molecule has 0 aromatic heterocycles. The monoisotopic (exact) mass is 201 g/mol. The molecule has 2 amide bonds. The van der Waals surface area contributed by atoms with Gasteiger partial charge in [0.15, 0.2) is 0 Å². The van der Waals surface area contributed by atoms with Gasteiger partial charge in [0, 0.05) is 12.3 Å². The predicted octanol–water partition coefficient (Wildman–Crippen LogP) is -0.264. The van der Waals surface area contributed by atoms with Crippen LogP contribution in [0.3, 0.4) is 0 Å². The van der Waals surface area contributed by atoms with Gasteiger partial charge in [0.25, 0.3) is 0 Å². The molecule has 1 rings (SSSR count). The van der Waals surface area contributed by atoms with E-state index in [1.165, 1.54) is 0 Å². The molecule has 0 aromatic rings. The summed E-state index contributed by atoms with van der Waals surface area (Å²) in [5, 5.41) is 8.53. The molecule has 1 aliphatic heterocycles. The van der Waals surface area contributed by atoms with E-state index in [1.807, 2.05) is 0 Å². The molecule has 1 N–H and O–H groups in total. The van der Waals surface area contributed by atoms with Gasteiger partial charge in [-0.15, -0.1) is 0 Å². The van der Waals surface area contributed by atoms with Crippen molar-refractivity contribution >= 4 is 11.8 Å². The average Bonchev–Trinajstić information content (AvgIpc) is 2.38. The van der Waals surface area contributed by atoms with Crippen LogP contribution in [-0.4, -0.2) is 41.3 Å². The quantitative estimate of drug-likeness (QED) is 0.636. The summed E-state index contributed by atoms with van der Waals surface area (Å²) in [4.78, 5) is 24.0. The number of aliphatic hydroxyl groups excluding tert-OH is 1. The maximum Gasteiger partial charge on any atom is 0.234 e. The number of nitrogens with zero attached hydrogens (tertiary/aromatic N) is 1. The van der Waals surface area contributed by atoms with Gasteiger partial charge >= 0.3 is 0 Å². The van der Waals surface area contributed by atoms with Crippen molar-refractivity contribution in [2.45, 2.75) is 26.5 Å². The van der Waals surface area contributed by atoms with Gasteiger partial charge in [-0.25, -0.2) is 0 Å². The van der Waals surface area contributed by atoms with E-state index in [1.54, 1.807) is 13.8 Å². The lowest BCUT2D eigenvalue weighted by Gasteiger charge is -2.22. The van der Waals surface area contributed by atoms with Gasteiger partial charge in [-0.05, 0) is 6.92 Å². The van der Waals surface area contributed by atoms with Crippen LogP contribution < -0.4 is 0 Å². The second kappa shape index (κ2) is 4.52. The number of hydrogen-bond donors (Lipinski definition) is 1. The highest BCUT2D eigenvalue weighted by Crippen LogP contribution is 2.21. The van der Waals surface area contributed by atoms with Gasteiger partial charge < -0.3 is 9.84 Å². The van der Waals surface area contributed by atoms with Crippen molar-refractivity contribution in [1.82, 2.24) is 4.90 Å². The van der Waals surface area contributed by atoms with Gasteiger partial charge in [0.05, 0.1) is 13.2 Å². The molecular formula is C9H15NO4. The Morgan fingerprint density at radius 1 is 1.64 bits per heavy atom. The first-order valence-electron chi connectivity index (χ1n) is 4.66. The summed E-state index contributed by atoms with van der Waals surface area (Å²) >= 11 is 0. The summed E-state index contributed by atoms with van der Waals surface area (Å²) in [6.07, 6.45) is -0.321. The number of likely N-dealkylation sites (tertiary alicyclic amines) is 1. The molecule has 0 aliphatic carbocycles. The zero-order chi connectivity index (χ0) is 10.7. The number of hydrogen-bond acceptors (Lipinski definition) is 4. The molecular weight excluding hydrogens is 186 g/mol. The van der Waals surface area contributed by atoms with Gasteiger partial charge in [-0.1, -0.05) is 6.92 Å². The Bertz CT molecular complexity index is 241. The van der Waals surface area contributed by atoms with Crippen LogP contribution in [0.5, 0.6) is 0 Å². The van der Waals surface area contributed by atoms with Crippen molar-refractivity contribution in [3.63, 3.8) is 0 Å². The number of carbonyl (C=O) groups is 2. The van der Waals surface area contributed by atoms with Crippen LogP contribution in [0.1, 0.15) is 20.3 Å². The normalized spacial score (nSPS) is 24.5. The van der Waals surface area contributed by atoms with Crippen molar-refractivity contribution in [3.05, 3.63) is 0 Å². The molecule has 5 heteroatoms. The Labute approximate surface area is 82.6 Å². The van der Waals surface area contributed by atoms with E-state index >= 15 is 0 Å². The fourth-order valence-electron chi connectivity index (χ4n) is 1.49. The molecule has 1 aliphatic rings. The molecule has 0 aromatic carbocycles. The van der Waals surface area contributed by atoms with E-state index in [2.05, 4.69) is 0 Å². The van der Waals surface area contributed by atoms with Crippen LogP contribution in [0.2, 0.25) is 0 Å². The number of amides is 2. The highest BCUT2D eigenvalue weighted by atomic mass is 16.5. The third-order valence-electron chi connectivity index (χ3n) is 2.22. The molecule has 5 nitrogen and oxygen atoms in total. The first-order valence-corrected chi connectivity index (χ1v) is 4.66. The minimum absolute atomic E-state index is 0.115. The van der Waals surface area contributed by atoms with E-state index in [0.717, 1.165) is 4.90 Å². The number of imide groups is 1. The Morgan fingerprint density at radius 2 is 2.29 bits per heavy atom. The Balaban J connectivity index is 2.58. The summed E-state index contributed by atoms with van der Waals surface area (Å²) in [5.74, 6) is -0.643. The highest BCUT2D eigenvalue weighted by Gasteiger charge is 2.38. The predicted molar refractivity (Wildman–Crippen MR) is 48.1 cm³/mol. The maximum atomic E-state index is 11.5. The first kappa shape index (κ1) is 11.1. The third kappa shape index (κ3) is 2.10. The van der Waals surface area contributed by atoms with Crippen molar-refractivity contribution in [2.75, 3.05) is 13.2 Å². The topological polar surface area (TPSA) is 66.8 Å². The zero-order valence-electron chi connectivity index (χ0n) is 8.40. The van der Waals surface area contributed by atoms with Crippen molar-refractivity contribution in [3.8, 4) is 0 Å². The zero-order valence-corrected chi connectivity index (χ0v) is 8.40. The molecule has 2 unspecified atom stereocenters. The van der Waals surface area contributed by atoms with Crippen LogP contribution in [-0.2, 0) is 14.3 Å². The molecule has 14 heavy (non-hydrogen) atoms. The Kier molecular flexibility index (Phi) is 3.60. The maximum absolute atomic E-state index is 11.5. The number of carbonyl (C=O) groups excluding carboxylic acids is 2. The van der Waals surface area contributed by atoms with E-state index in [0.29, 0.717) is 0 Å². The lowest BCUT2D eigenvalue weighted by atomic mass is 10.1. The minimum atomic E-state index is -0.577. The summed E-state index contributed by atoms with van der Waals surface area (Å²) in [5.41, 5.74) is 0. The Hall–Kier alpha value is -0.940. The molecule has 0 saturated carbocycles. The van der Waals surface area contributed by atoms with Crippen LogP contribution in [0.15, 0.2) is 0 Å². The molecule has 2 atom stereocenters. The molecule has 1 heterocycles. The van der Waals surface area contributed by atoms with Gasteiger partial charge in [0.1, 0.15) is 6.23 Å². The van der Waals surface area contributed by atoms with E-state index < -0.39 is 6.23 Å². The minimum Gasteiger partial charge on any atom is -0.394 e. The third-order valence-corrected chi connectivity index (χ3v) is 2.22. The number of aliphatic hydroxyl groups is 1. The molecule has 1 saturated heterocycles. The smallest absolute Gasteiger partial charge is 0.234 e. The lowest BCUT2D eigenvalue weighted by molar-refractivity contribution is -0.154. The van der Waals surface area contributed by atoms with E-state index in [-0.39, 0.29) is 37.4 Å². The summed E-state index contributed by atoms with van der Waals surface area (Å²) in [7, 11) is 0. The lowest BCUT2D eigenvalue weighted by Crippen LogP contribution is -2.40. The SMILES string of the molecule is CC1CC(=O)N(C(C)OCCO)C1=O. The van der Waals surface area contributed by atoms with E-state index in [4.69, 9.17) is 9.84 Å². The van der Waals surface area contributed by atoms with Crippen LogP contribution in [0.25, 0.3) is 0 Å². The van der Waals surface area contributed by atoms with Crippen molar-refractivity contribution < 1.29 is 19.4 Å². The Morgan fingerprint density at radius 3 is 2.71 bits per heavy atom. The first-order chi connectivity index (χ1) is 6.57. The highest BCUT2D eigenvalue weighted by molar-refractivity contribution is 6.03. The largest absolute Gasteiger partial charge is 0.394 e. The number of ether oxygens (including phenoxy) is 1. The van der Waals surface area contributed by atoms with Gasteiger partial charge in [-0.2, -0.15) is 0 Å². The summed E-state index contributed by atoms with van der Waals surface area (Å²) in [6, 6.07) is 0. The standard InChI is InChI=1S/C9H15NO4/c1-6-5-8(12)10(9(6)13)7(2)14-4-3-11/h6-7,11H,3-5H2,1-2H3. The fourth-order valence-corrected chi connectivity index (χ4v) is 1.49. The average molecular weight is 201 g/mol. The molecule has 0 spiro atoms. The second-order valence-electron chi connectivity index (χ2n) is 3.40. The van der Waals surface area contributed by atoms with Crippen LogP contribution >= 0.6 is 0 Å². The second-order valence-corrected chi connectivity index (χ2v) is 3.40. The summed E-state index contributed by atoms with van der Waals surface area (Å²) < 4.78 is 5.10. The van der Waals surface area contributed by atoms with Crippen LogP contribution in [0.4, 0.5) is 0 Å². The van der Waals surface area contributed by atoms with E-state index in [9.17, 15) is 9.59 Å². The molecule has 80 valence electrons. The van der Waals surface area contributed by atoms with Crippen LogP contribution in [0, 0.1) is 5.92 Å². The molecule has 1 fully saturated rings. The molecule has 0 radical (unpaired) electrons. The van der Waals surface area contributed by atoms with Crippen molar-refractivity contribution in [1.29, 1.82) is 0 Å². The number of rotatable bonds is 4. The summed E-state index contributed by atoms with van der Waals surface area (Å²) in [6.45, 7) is 3.37. The van der Waals surface area contributed by atoms with Gasteiger partial charge in [-0.3, -0.25) is 14.5 Å². The van der Waals surface area contributed by atoms with Gasteiger partial charge in [0.2, 0.25) is 11.8 Å². The van der Waals surface area contributed by atoms with Crippen molar-refractivity contribution in [2.24, 2.45) is 5.92 Å². The fraction of sp³-hybridized carbons (Fsp3) is 0.778. The molecule has 0 bridgehead atoms.